The number of fused-ring (bicyclic) bond motifs is 1. The van der Waals surface area contributed by atoms with E-state index in [9.17, 15) is 19.7 Å². The zero-order valence-corrected chi connectivity index (χ0v) is 15.9. The van der Waals surface area contributed by atoms with E-state index < -0.39 is 24.7 Å². The van der Waals surface area contributed by atoms with Crippen LogP contribution in [0.2, 0.25) is 0 Å². The van der Waals surface area contributed by atoms with Crippen molar-refractivity contribution in [3.63, 3.8) is 0 Å². The largest absolute Gasteiger partial charge is 0.515 e. The Kier molecular flexibility index (Phi) is 7.48. The Hall–Kier alpha value is -1.10. The number of para-hydroxylation sites is 1. The fourth-order valence-electron chi connectivity index (χ4n) is 1.40. The van der Waals surface area contributed by atoms with Crippen molar-refractivity contribution < 1.29 is 19.2 Å². The molecule has 9 nitrogen and oxygen atoms in total. The molecule has 1 aromatic carbocycles. The Bertz CT molecular complexity index is 805. The van der Waals surface area contributed by atoms with Gasteiger partial charge in [0.15, 0.2) is 0 Å². The normalized spacial score (nSPS) is 11.4. The molecule has 0 radical (unpaired) electrons. The van der Waals surface area contributed by atoms with Gasteiger partial charge in [0, 0.05) is 6.07 Å². The molecule has 0 spiro atoms. The fraction of sp³-hybridized carbons (Fsp3) is 0.200. The van der Waals surface area contributed by atoms with Crippen LogP contribution in [-0.2, 0) is 9.47 Å². The van der Waals surface area contributed by atoms with Gasteiger partial charge in [0.25, 0.3) is 5.69 Å². The van der Waals surface area contributed by atoms with Gasteiger partial charge in [-0.3, -0.25) is 10.1 Å². The maximum absolute atomic E-state index is 10.8. The molecular formula is C10H5Cl6N3O6. The van der Waals surface area contributed by atoms with E-state index in [2.05, 4.69) is 19.4 Å². The number of aromatic amines is 2. The Labute approximate surface area is 168 Å². The van der Waals surface area contributed by atoms with Crippen molar-refractivity contribution in [2.24, 2.45) is 0 Å². The molecule has 0 saturated carbocycles. The van der Waals surface area contributed by atoms with Crippen molar-refractivity contribution in [2.75, 3.05) is 0 Å². The average molecular weight is 476 g/mol. The van der Waals surface area contributed by atoms with Crippen LogP contribution in [0.3, 0.4) is 0 Å². The summed E-state index contributed by atoms with van der Waals surface area (Å²) in [6.45, 7) is 0. The quantitative estimate of drug-likeness (QED) is 0.269. The van der Waals surface area contributed by atoms with E-state index in [0.717, 1.165) is 0 Å². The number of hydrogen-bond acceptors (Lipinski definition) is 6. The van der Waals surface area contributed by atoms with Crippen LogP contribution in [-0.4, -0.2) is 29.0 Å². The molecule has 1 heterocycles. The van der Waals surface area contributed by atoms with Crippen LogP contribution in [0.5, 0.6) is 0 Å². The van der Waals surface area contributed by atoms with Crippen LogP contribution in [0.25, 0.3) is 11.0 Å². The highest BCUT2D eigenvalue weighted by molar-refractivity contribution is 6.67. The number of benzene rings is 1. The minimum atomic E-state index is -2.24. The summed E-state index contributed by atoms with van der Waals surface area (Å²) >= 11 is 30.2. The molecule has 0 aliphatic rings. The smallest absolute Gasteiger partial charge is 0.382 e. The Balaban J connectivity index is 0.000000252. The standard InChI is InChI=1S/C7H5N3O3.C3Cl6O3/c11-7-8-4-2-1-3-5(10(12)13)6(4)9-7;4-2(5,6)11-1(10)12-3(7,8)9/h1-3H,(H2,8,9,11);. The van der Waals surface area contributed by atoms with Crippen LogP contribution < -0.4 is 5.69 Å². The first-order valence-corrected chi connectivity index (χ1v) is 7.96. The van der Waals surface area contributed by atoms with E-state index in [1.807, 2.05) is 0 Å². The van der Waals surface area contributed by atoms with E-state index in [1.165, 1.54) is 12.1 Å². The minimum Gasteiger partial charge on any atom is -0.382 e. The van der Waals surface area contributed by atoms with E-state index in [1.54, 1.807) is 6.07 Å². The highest BCUT2D eigenvalue weighted by Crippen LogP contribution is 2.32. The van der Waals surface area contributed by atoms with Crippen molar-refractivity contribution in [3.8, 4) is 0 Å². The molecule has 0 amide bonds. The second-order valence-electron chi connectivity index (χ2n) is 3.88. The van der Waals surface area contributed by atoms with Crippen molar-refractivity contribution in [2.45, 2.75) is 7.96 Å². The number of rotatable bonds is 1. The van der Waals surface area contributed by atoms with Gasteiger partial charge >= 0.3 is 19.8 Å². The van der Waals surface area contributed by atoms with Gasteiger partial charge in [0.05, 0.1) is 10.4 Å². The summed E-state index contributed by atoms with van der Waals surface area (Å²) in [7, 11) is 0. The number of nitrogens with zero attached hydrogens (tertiary/aromatic N) is 1. The van der Waals surface area contributed by atoms with Crippen molar-refractivity contribution in [3.05, 3.63) is 38.8 Å². The number of imidazole rings is 1. The first-order valence-electron chi connectivity index (χ1n) is 5.69. The first kappa shape index (κ1) is 21.9. The molecule has 0 aliphatic heterocycles. The first-order chi connectivity index (χ1) is 11.3. The van der Waals surface area contributed by atoms with Gasteiger partial charge in [-0.1, -0.05) is 6.07 Å². The van der Waals surface area contributed by atoms with Crippen LogP contribution in [0.1, 0.15) is 0 Å². The van der Waals surface area contributed by atoms with Crippen LogP contribution in [0.15, 0.2) is 23.0 Å². The number of non-ortho nitro benzene ring substituents is 1. The van der Waals surface area contributed by atoms with Crippen LogP contribution >= 0.6 is 69.6 Å². The lowest BCUT2D eigenvalue weighted by atomic mass is 10.3. The summed E-state index contributed by atoms with van der Waals surface area (Å²) in [6, 6.07) is 4.45. The number of alkyl halides is 6. The lowest BCUT2D eigenvalue weighted by Gasteiger charge is -2.15. The predicted molar refractivity (Wildman–Crippen MR) is 93.7 cm³/mol. The number of aromatic nitrogens is 2. The third-order valence-corrected chi connectivity index (χ3v) is 2.59. The molecule has 1 aromatic heterocycles. The number of carbonyl (C=O) groups is 1. The van der Waals surface area contributed by atoms with E-state index in [-0.39, 0.29) is 11.2 Å². The van der Waals surface area contributed by atoms with Crippen LogP contribution in [0, 0.1) is 10.1 Å². The number of H-pyrrole nitrogens is 2. The van der Waals surface area contributed by atoms with Gasteiger partial charge in [-0.15, -0.1) is 0 Å². The van der Waals surface area contributed by atoms with E-state index in [4.69, 9.17) is 69.6 Å². The Morgan fingerprint density at radius 1 is 1.04 bits per heavy atom. The molecular weight excluding hydrogens is 471 g/mol. The molecule has 25 heavy (non-hydrogen) atoms. The average Bonchev–Trinajstić information content (AvgIpc) is 2.74. The molecule has 2 aromatic rings. The molecule has 0 bridgehead atoms. The number of ether oxygens (including phenoxy) is 2. The second-order valence-corrected chi connectivity index (χ2v) is 8.24. The molecule has 0 unspecified atom stereocenters. The number of hydrogen-bond donors (Lipinski definition) is 2. The predicted octanol–water partition coefficient (Wildman–Crippen LogP) is 4.56. The topological polar surface area (TPSA) is 127 Å². The van der Waals surface area contributed by atoms with Crippen molar-refractivity contribution >= 4 is 92.5 Å². The molecule has 2 N–H and O–H groups in total. The molecule has 0 fully saturated rings. The summed E-state index contributed by atoms with van der Waals surface area (Å²) in [6.07, 6.45) is -1.41. The summed E-state index contributed by atoms with van der Waals surface area (Å²) in [5.74, 6) is 0. The number of carbonyl (C=O) groups excluding carboxylic acids is 1. The molecule has 0 saturated heterocycles. The van der Waals surface area contributed by atoms with Crippen molar-refractivity contribution in [1.29, 1.82) is 0 Å². The zero-order valence-electron chi connectivity index (χ0n) is 11.4. The lowest BCUT2D eigenvalue weighted by Crippen LogP contribution is -2.22. The van der Waals surface area contributed by atoms with E-state index in [0.29, 0.717) is 5.52 Å². The van der Waals surface area contributed by atoms with Crippen LogP contribution in [0.4, 0.5) is 10.5 Å². The maximum Gasteiger partial charge on any atom is 0.515 e. The monoisotopic (exact) mass is 473 g/mol. The van der Waals surface area contributed by atoms with Gasteiger partial charge in [-0.05, 0) is 75.7 Å². The SMILES string of the molecule is O=C(OC(Cl)(Cl)Cl)OC(Cl)(Cl)Cl.O=c1[nH]c2cccc([N+](=O)[O-])c2[nH]1. The Morgan fingerprint density at radius 3 is 2.00 bits per heavy atom. The summed E-state index contributed by atoms with van der Waals surface area (Å²) in [5.41, 5.74) is 0.136. The Morgan fingerprint density at radius 2 is 1.56 bits per heavy atom. The molecule has 0 aliphatic carbocycles. The molecule has 138 valence electrons. The number of nitro benzene ring substituents is 1. The molecule has 2 rings (SSSR count). The maximum atomic E-state index is 10.8. The van der Waals surface area contributed by atoms with Gasteiger partial charge < -0.3 is 19.4 Å². The number of halogens is 6. The van der Waals surface area contributed by atoms with Gasteiger partial charge in [0.1, 0.15) is 5.52 Å². The van der Waals surface area contributed by atoms with Gasteiger partial charge in [-0.25, -0.2) is 9.59 Å². The highest BCUT2D eigenvalue weighted by atomic mass is 35.6. The van der Waals surface area contributed by atoms with Gasteiger partial charge in [0.2, 0.25) is 0 Å². The van der Waals surface area contributed by atoms with Gasteiger partial charge in [-0.2, -0.15) is 0 Å². The summed E-state index contributed by atoms with van der Waals surface area (Å²) < 4.78 is 3.50. The second kappa shape index (κ2) is 8.52. The minimum absolute atomic E-state index is 0.101. The summed E-state index contributed by atoms with van der Waals surface area (Å²) in [4.78, 5) is 36.1. The zero-order chi connectivity index (χ0) is 19.4. The third-order valence-electron chi connectivity index (χ3n) is 2.12. The summed E-state index contributed by atoms with van der Waals surface area (Å²) in [5, 5.41) is 10.5. The third kappa shape index (κ3) is 8.21. The fourth-order valence-corrected chi connectivity index (χ4v) is 1.78. The molecule has 15 heteroatoms. The number of nitro groups is 1. The number of nitrogens with one attached hydrogen (secondary N) is 2. The van der Waals surface area contributed by atoms with E-state index >= 15 is 0 Å². The molecule has 0 atom stereocenters. The van der Waals surface area contributed by atoms with Crippen molar-refractivity contribution in [1.82, 2.24) is 9.97 Å². The highest BCUT2D eigenvalue weighted by Gasteiger charge is 2.32. The lowest BCUT2D eigenvalue weighted by molar-refractivity contribution is -0.383.